The molecule has 0 unspecified atom stereocenters. The number of carbonyl (C=O) groups is 1. The highest BCUT2D eigenvalue weighted by Gasteiger charge is 2.22. The molecule has 1 fully saturated rings. The zero-order valence-electron chi connectivity index (χ0n) is 12.4. The van der Waals surface area contributed by atoms with Crippen molar-refractivity contribution in [3.05, 3.63) is 42.5 Å². The Kier molecular flexibility index (Phi) is 7.26. The highest BCUT2D eigenvalue weighted by molar-refractivity contribution is 5.94. The van der Waals surface area contributed by atoms with Gasteiger partial charge in [0, 0.05) is 24.7 Å². The van der Waals surface area contributed by atoms with Gasteiger partial charge in [-0.3, -0.25) is 4.79 Å². The van der Waals surface area contributed by atoms with Gasteiger partial charge in [0.25, 0.3) is 5.91 Å². The van der Waals surface area contributed by atoms with Crippen LogP contribution in [0.3, 0.4) is 0 Å². The number of halogens is 1. The van der Waals surface area contributed by atoms with Crippen molar-refractivity contribution in [3.63, 3.8) is 0 Å². The van der Waals surface area contributed by atoms with E-state index in [9.17, 15) is 4.79 Å². The number of amides is 1. The Labute approximate surface area is 132 Å². The summed E-state index contributed by atoms with van der Waals surface area (Å²) >= 11 is 0. The zero-order valence-corrected chi connectivity index (χ0v) is 13.2. The van der Waals surface area contributed by atoms with Crippen LogP contribution in [0.2, 0.25) is 0 Å². The van der Waals surface area contributed by atoms with E-state index in [1.54, 1.807) is 6.08 Å². The molecule has 1 amide bonds. The predicted molar refractivity (Wildman–Crippen MR) is 87.4 cm³/mol. The van der Waals surface area contributed by atoms with Crippen molar-refractivity contribution >= 4 is 18.3 Å². The molecule has 1 aromatic carbocycles. The van der Waals surface area contributed by atoms with E-state index < -0.39 is 0 Å². The van der Waals surface area contributed by atoms with E-state index in [4.69, 9.17) is 4.74 Å². The molecule has 5 heteroatoms. The maximum Gasteiger partial charge on any atom is 0.253 e. The molecule has 0 radical (unpaired) electrons. The molecule has 1 aliphatic heterocycles. The van der Waals surface area contributed by atoms with Gasteiger partial charge in [-0.2, -0.15) is 0 Å². The SMILES string of the molecule is C=CCOc1ccc(C(=O)N2CCC(NC)CC2)cc1.Cl. The number of likely N-dealkylation sites (tertiary alicyclic amines) is 1. The Morgan fingerprint density at radius 2 is 2.00 bits per heavy atom. The molecule has 0 atom stereocenters. The summed E-state index contributed by atoms with van der Waals surface area (Å²) in [6.07, 6.45) is 3.73. The summed E-state index contributed by atoms with van der Waals surface area (Å²) in [5, 5.41) is 3.27. The first-order valence-corrected chi connectivity index (χ1v) is 7.05. The number of rotatable bonds is 5. The summed E-state index contributed by atoms with van der Waals surface area (Å²) in [6, 6.07) is 7.85. The van der Waals surface area contributed by atoms with Gasteiger partial charge in [0.05, 0.1) is 0 Å². The van der Waals surface area contributed by atoms with Crippen molar-refractivity contribution in [2.45, 2.75) is 18.9 Å². The van der Waals surface area contributed by atoms with Crippen LogP contribution in [0.5, 0.6) is 5.75 Å². The van der Waals surface area contributed by atoms with Gasteiger partial charge in [-0.05, 0) is 44.2 Å². The first-order valence-electron chi connectivity index (χ1n) is 7.05. The van der Waals surface area contributed by atoms with Gasteiger partial charge >= 0.3 is 0 Å². The fourth-order valence-corrected chi connectivity index (χ4v) is 2.40. The lowest BCUT2D eigenvalue weighted by Crippen LogP contribution is -2.43. The van der Waals surface area contributed by atoms with E-state index in [1.165, 1.54) is 0 Å². The molecule has 1 aliphatic rings. The highest BCUT2D eigenvalue weighted by Crippen LogP contribution is 2.17. The Bertz CT molecular complexity index is 454. The summed E-state index contributed by atoms with van der Waals surface area (Å²) in [5.74, 6) is 0.866. The summed E-state index contributed by atoms with van der Waals surface area (Å²) in [6.45, 7) is 5.72. The number of nitrogens with zero attached hydrogens (tertiary/aromatic N) is 1. The molecular formula is C16H23ClN2O2. The van der Waals surface area contributed by atoms with Crippen LogP contribution < -0.4 is 10.1 Å². The number of hydrogen-bond acceptors (Lipinski definition) is 3. The first-order chi connectivity index (χ1) is 9.74. The van der Waals surface area contributed by atoms with Crippen LogP contribution in [-0.2, 0) is 0 Å². The zero-order chi connectivity index (χ0) is 14.4. The Morgan fingerprint density at radius 1 is 1.38 bits per heavy atom. The van der Waals surface area contributed by atoms with Crippen molar-refractivity contribution in [1.29, 1.82) is 0 Å². The first kappa shape index (κ1) is 17.5. The molecule has 0 bridgehead atoms. The molecule has 0 saturated carbocycles. The van der Waals surface area contributed by atoms with E-state index in [-0.39, 0.29) is 18.3 Å². The van der Waals surface area contributed by atoms with Gasteiger partial charge in [0.1, 0.15) is 12.4 Å². The fourth-order valence-electron chi connectivity index (χ4n) is 2.40. The van der Waals surface area contributed by atoms with E-state index >= 15 is 0 Å². The number of hydrogen-bond donors (Lipinski definition) is 1. The molecule has 1 aromatic rings. The smallest absolute Gasteiger partial charge is 0.253 e. The van der Waals surface area contributed by atoms with Gasteiger partial charge in [0.15, 0.2) is 0 Å². The third-order valence-electron chi connectivity index (χ3n) is 3.66. The molecule has 116 valence electrons. The summed E-state index contributed by atoms with van der Waals surface area (Å²) in [4.78, 5) is 14.3. The second kappa shape index (κ2) is 8.70. The van der Waals surface area contributed by atoms with Crippen LogP contribution in [0, 0.1) is 0 Å². The van der Waals surface area contributed by atoms with Crippen LogP contribution in [0.25, 0.3) is 0 Å². The summed E-state index contributed by atoms with van der Waals surface area (Å²) < 4.78 is 5.41. The predicted octanol–water partition coefficient (Wildman–Crippen LogP) is 2.50. The minimum absolute atomic E-state index is 0. The van der Waals surface area contributed by atoms with Gasteiger partial charge in [0.2, 0.25) is 0 Å². The lowest BCUT2D eigenvalue weighted by atomic mass is 10.0. The Hall–Kier alpha value is -1.52. The molecule has 0 aromatic heterocycles. The van der Waals surface area contributed by atoms with Crippen LogP contribution in [-0.4, -0.2) is 43.6 Å². The molecule has 21 heavy (non-hydrogen) atoms. The van der Waals surface area contributed by atoms with Crippen molar-refractivity contribution in [3.8, 4) is 5.75 Å². The van der Waals surface area contributed by atoms with Crippen LogP contribution in [0.1, 0.15) is 23.2 Å². The van der Waals surface area contributed by atoms with Gasteiger partial charge in [-0.15, -0.1) is 12.4 Å². The number of piperidine rings is 1. The third kappa shape index (κ3) is 4.76. The average molecular weight is 311 g/mol. The largest absolute Gasteiger partial charge is 0.490 e. The van der Waals surface area contributed by atoms with Gasteiger partial charge in [-0.1, -0.05) is 12.7 Å². The number of ether oxygens (including phenoxy) is 1. The third-order valence-corrected chi connectivity index (χ3v) is 3.66. The standard InChI is InChI=1S/C16H22N2O2.ClH/c1-3-12-20-15-6-4-13(5-7-15)16(19)18-10-8-14(17-2)9-11-18;/h3-7,14,17H,1,8-12H2,2H3;1H. The average Bonchev–Trinajstić information content (AvgIpc) is 2.53. The maximum atomic E-state index is 12.4. The molecule has 4 nitrogen and oxygen atoms in total. The van der Waals surface area contributed by atoms with Crippen LogP contribution in [0.15, 0.2) is 36.9 Å². The molecule has 1 N–H and O–H groups in total. The molecular weight excluding hydrogens is 288 g/mol. The maximum absolute atomic E-state index is 12.4. The van der Waals surface area contributed by atoms with Gasteiger partial charge < -0.3 is 15.0 Å². The van der Waals surface area contributed by atoms with Crippen LogP contribution in [0.4, 0.5) is 0 Å². The molecule has 0 spiro atoms. The normalized spacial score (nSPS) is 15.2. The van der Waals surface area contributed by atoms with Crippen molar-refractivity contribution in [2.75, 3.05) is 26.7 Å². The number of benzene rings is 1. The fraction of sp³-hybridized carbons (Fsp3) is 0.438. The second-order valence-corrected chi connectivity index (χ2v) is 4.98. The lowest BCUT2D eigenvalue weighted by Gasteiger charge is -2.31. The van der Waals surface area contributed by atoms with Crippen molar-refractivity contribution in [2.24, 2.45) is 0 Å². The molecule has 1 saturated heterocycles. The Morgan fingerprint density at radius 3 is 2.52 bits per heavy atom. The van der Waals surface area contributed by atoms with Crippen molar-refractivity contribution in [1.82, 2.24) is 10.2 Å². The topological polar surface area (TPSA) is 41.6 Å². The van der Waals surface area contributed by atoms with E-state index in [0.29, 0.717) is 12.6 Å². The van der Waals surface area contributed by atoms with E-state index in [1.807, 2.05) is 36.2 Å². The highest BCUT2D eigenvalue weighted by atomic mass is 35.5. The van der Waals surface area contributed by atoms with Gasteiger partial charge in [-0.25, -0.2) is 0 Å². The summed E-state index contributed by atoms with van der Waals surface area (Å²) in [7, 11) is 1.98. The molecule has 0 aliphatic carbocycles. The Balaban J connectivity index is 0.00000220. The minimum Gasteiger partial charge on any atom is -0.490 e. The second-order valence-electron chi connectivity index (χ2n) is 4.98. The quantitative estimate of drug-likeness (QED) is 0.850. The monoisotopic (exact) mass is 310 g/mol. The summed E-state index contributed by atoms with van der Waals surface area (Å²) in [5.41, 5.74) is 0.721. The van der Waals surface area contributed by atoms with Crippen LogP contribution >= 0.6 is 12.4 Å². The molecule has 1 heterocycles. The number of nitrogens with one attached hydrogen (secondary N) is 1. The molecule has 2 rings (SSSR count). The number of carbonyl (C=O) groups excluding carboxylic acids is 1. The van der Waals surface area contributed by atoms with E-state index in [0.717, 1.165) is 37.2 Å². The lowest BCUT2D eigenvalue weighted by molar-refractivity contribution is 0.0707. The van der Waals surface area contributed by atoms with Crippen molar-refractivity contribution < 1.29 is 9.53 Å². The van der Waals surface area contributed by atoms with E-state index in [2.05, 4.69) is 11.9 Å². The minimum atomic E-state index is 0.